The summed E-state index contributed by atoms with van der Waals surface area (Å²) in [6.07, 6.45) is 12.4. The van der Waals surface area contributed by atoms with Gasteiger partial charge in [-0.05, 0) is 18.6 Å². The first kappa shape index (κ1) is 14.3. The second kappa shape index (κ2) is 8.37. The summed E-state index contributed by atoms with van der Waals surface area (Å²) in [5, 5.41) is 0. The van der Waals surface area contributed by atoms with Gasteiger partial charge in [0, 0.05) is 5.92 Å². The summed E-state index contributed by atoms with van der Waals surface area (Å²) in [7, 11) is 1.55. The highest BCUT2D eigenvalue weighted by atomic mass is 16.5. The summed E-state index contributed by atoms with van der Waals surface area (Å²) < 4.78 is 10.5. The molecule has 98 valence electrons. The van der Waals surface area contributed by atoms with Crippen LogP contribution in [0.1, 0.15) is 26.2 Å². The Bertz CT molecular complexity index is 385. The Labute approximate surface area is 108 Å². The van der Waals surface area contributed by atoms with Gasteiger partial charge in [0.15, 0.2) is 0 Å². The molecule has 3 heteroatoms. The van der Waals surface area contributed by atoms with Crippen molar-refractivity contribution in [3.8, 4) is 0 Å². The van der Waals surface area contributed by atoms with Gasteiger partial charge in [0.1, 0.15) is 11.7 Å². The van der Waals surface area contributed by atoms with Gasteiger partial charge in [-0.25, -0.2) is 4.79 Å². The molecule has 0 aromatic carbocycles. The third kappa shape index (κ3) is 4.27. The van der Waals surface area contributed by atoms with Crippen molar-refractivity contribution in [3.63, 3.8) is 0 Å². The van der Waals surface area contributed by atoms with E-state index in [-0.39, 0.29) is 5.92 Å². The molecule has 0 fully saturated rings. The van der Waals surface area contributed by atoms with Crippen LogP contribution in [0.3, 0.4) is 0 Å². The van der Waals surface area contributed by atoms with Gasteiger partial charge >= 0.3 is 0 Å². The molecular formula is C15H20O3. The van der Waals surface area contributed by atoms with Gasteiger partial charge in [-0.3, -0.25) is 0 Å². The van der Waals surface area contributed by atoms with Crippen molar-refractivity contribution < 1.29 is 14.3 Å². The second-order valence-corrected chi connectivity index (χ2v) is 4.07. The van der Waals surface area contributed by atoms with E-state index in [1.165, 1.54) is 12.8 Å². The molecule has 18 heavy (non-hydrogen) atoms. The van der Waals surface area contributed by atoms with Crippen LogP contribution in [0.25, 0.3) is 0 Å². The van der Waals surface area contributed by atoms with E-state index in [9.17, 15) is 4.79 Å². The molecule has 1 unspecified atom stereocenters. The van der Waals surface area contributed by atoms with E-state index in [2.05, 4.69) is 6.92 Å². The molecule has 0 aromatic rings. The normalized spacial score (nSPS) is 18.7. The summed E-state index contributed by atoms with van der Waals surface area (Å²) in [6, 6.07) is 0. The average molecular weight is 248 g/mol. The highest BCUT2D eigenvalue weighted by Crippen LogP contribution is 2.24. The van der Waals surface area contributed by atoms with Crippen LogP contribution in [0.15, 0.2) is 41.9 Å². The number of hydrogen-bond acceptors (Lipinski definition) is 3. The van der Waals surface area contributed by atoms with Crippen molar-refractivity contribution in [2.24, 2.45) is 5.92 Å². The van der Waals surface area contributed by atoms with Crippen LogP contribution in [0.5, 0.6) is 0 Å². The maximum absolute atomic E-state index is 10.9. The van der Waals surface area contributed by atoms with Crippen LogP contribution < -0.4 is 0 Å². The quantitative estimate of drug-likeness (QED) is 0.394. The van der Waals surface area contributed by atoms with Crippen LogP contribution in [0.2, 0.25) is 0 Å². The predicted octanol–water partition coefficient (Wildman–Crippen LogP) is 3.18. The zero-order valence-corrected chi connectivity index (χ0v) is 11.0. The van der Waals surface area contributed by atoms with Gasteiger partial charge in [-0.15, -0.1) is 0 Å². The molecule has 0 saturated heterocycles. The van der Waals surface area contributed by atoms with Crippen LogP contribution in [-0.2, 0) is 14.3 Å². The van der Waals surface area contributed by atoms with Crippen molar-refractivity contribution >= 4 is 5.94 Å². The lowest BCUT2D eigenvalue weighted by Crippen LogP contribution is -2.07. The van der Waals surface area contributed by atoms with E-state index >= 15 is 0 Å². The summed E-state index contributed by atoms with van der Waals surface area (Å²) in [4.78, 5) is 10.9. The maximum Gasteiger partial charge on any atom is 0.133 e. The average Bonchev–Trinajstić information content (AvgIpc) is 2.42. The summed E-state index contributed by atoms with van der Waals surface area (Å²) in [5.74, 6) is 2.38. The molecule has 0 bridgehead atoms. The molecule has 1 aliphatic carbocycles. The Balaban J connectivity index is 2.47. The lowest BCUT2D eigenvalue weighted by Gasteiger charge is -2.15. The lowest BCUT2D eigenvalue weighted by molar-refractivity contribution is 0.240. The third-order valence-electron chi connectivity index (χ3n) is 2.74. The molecule has 0 spiro atoms. The van der Waals surface area contributed by atoms with Crippen molar-refractivity contribution in [1.29, 1.82) is 0 Å². The number of allylic oxidation sites excluding steroid dienone is 5. The summed E-state index contributed by atoms with van der Waals surface area (Å²) in [6.45, 7) is 2.87. The van der Waals surface area contributed by atoms with Gasteiger partial charge in [0.05, 0.1) is 25.6 Å². The fourth-order valence-corrected chi connectivity index (χ4v) is 1.71. The monoisotopic (exact) mass is 248 g/mol. The van der Waals surface area contributed by atoms with E-state index < -0.39 is 0 Å². The van der Waals surface area contributed by atoms with E-state index in [4.69, 9.17) is 9.47 Å². The minimum absolute atomic E-state index is 0.117. The first-order chi connectivity index (χ1) is 8.83. The second-order valence-electron chi connectivity index (χ2n) is 4.07. The van der Waals surface area contributed by atoms with E-state index in [0.29, 0.717) is 17.9 Å². The van der Waals surface area contributed by atoms with Crippen LogP contribution in [0, 0.1) is 5.92 Å². The zero-order valence-electron chi connectivity index (χ0n) is 11.0. The minimum atomic E-state index is -0.117. The predicted molar refractivity (Wildman–Crippen MR) is 71.5 cm³/mol. The Morgan fingerprint density at radius 1 is 1.44 bits per heavy atom. The molecular weight excluding hydrogens is 228 g/mol. The minimum Gasteiger partial charge on any atom is -0.501 e. The standard InChI is InChI=1S/C15H20O3/c1-3-4-5-10-18-11-9-13-7-6-8-15(17-2)14(13)12-16/h6-9,11,13H,3-5,10H2,1-2H3. The first-order valence-electron chi connectivity index (χ1n) is 6.29. The maximum atomic E-state index is 10.9. The third-order valence-corrected chi connectivity index (χ3v) is 2.74. The van der Waals surface area contributed by atoms with E-state index in [0.717, 1.165) is 6.42 Å². The fourth-order valence-electron chi connectivity index (χ4n) is 1.71. The molecule has 0 saturated carbocycles. The summed E-state index contributed by atoms with van der Waals surface area (Å²) >= 11 is 0. The molecule has 0 radical (unpaired) electrons. The Morgan fingerprint density at radius 2 is 2.28 bits per heavy atom. The highest BCUT2D eigenvalue weighted by molar-refractivity contribution is 5.64. The van der Waals surface area contributed by atoms with Gasteiger partial charge in [0.25, 0.3) is 0 Å². The SMILES string of the molecule is CCCCCOC=CC1C=CC=C(OC)C1=C=O. The highest BCUT2D eigenvalue weighted by Gasteiger charge is 2.17. The zero-order chi connectivity index (χ0) is 13.2. The van der Waals surface area contributed by atoms with Crippen LogP contribution in [0.4, 0.5) is 0 Å². The molecule has 1 aliphatic rings. The number of carbonyl (C=O) groups excluding carboxylic acids is 1. The van der Waals surface area contributed by atoms with Crippen molar-refractivity contribution in [2.45, 2.75) is 26.2 Å². The fraction of sp³-hybridized carbons (Fsp3) is 0.467. The Hall–Kier alpha value is -1.73. The lowest BCUT2D eigenvalue weighted by atomic mass is 9.94. The molecule has 0 aliphatic heterocycles. The van der Waals surface area contributed by atoms with E-state index in [1.807, 2.05) is 24.2 Å². The number of unbranched alkanes of at least 4 members (excludes halogenated alkanes) is 2. The Kier molecular flexibility index (Phi) is 6.67. The number of hydrogen-bond donors (Lipinski definition) is 0. The van der Waals surface area contributed by atoms with Crippen LogP contribution >= 0.6 is 0 Å². The van der Waals surface area contributed by atoms with Gasteiger partial charge in [0.2, 0.25) is 0 Å². The summed E-state index contributed by atoms with van der Waals surface area (Å²) in [5.41, 5.74) is 0.508. The van der Waals surface area contributed by atoms with Crippen LogP contribution in [-0.4, -0.2) is 19.7 Å². The van der Waals surface area contributed by atoms with Gasteiger partial charge in [-0.2, -0.15) is 0 Å². The molecule has 0 aromatic heterocycles. The Morgan fingerprint density at radius 3 is 2.94 bits per heavy atom. The number of ether oxygens (including phenoxy) is 2. The van der Waals surface area contributed by atoms with Crippen molar-refractivity contribution in [1.82, 2.24) is 0 Å². The molecule has 0 heterocycles. The van der Waals surface area contributed by atoms with E-state index in [1.54, 1.807) is 19.4 Å². The number of methoxy groups -OCH3 is 1. The van der Waals surface area contributed by atoms with Crippen molar-refractivity contribution in [3.05, 3.63) is 41.9 Å². The molecule has 3 nitrogen and oxygen atoms in total. The topological polar surface area (TPSA) is 35.5 Å². The molecule has 1 rings (SSSR count). The van der Waals surface area contributed by atoms with Gasteiger partial charge < -0.3 is 9.47 Å². The molecule has 0 amide bonds. The largest absolute Gasteiger partial charge is 0.501 e. The first-order valence-corrected chi connectivity index (χ1v) is 6.29. The molecule has 0 N–H and O–H groups in total. The van der Waals surface area contributed by atoms with Gasteiger partial charge in [-0.1, -0.05) is 31.9 Å². The van der Waals surface area contributed by atoms with Crippen molar-refractivity contribution in [2.75, 3.05) is 13.7 Å². The smallest absolute Gasteiger partial charge is 0.133 e. The molecule has 1 atom stereocenters. The number of rotatable bonds is 7.